The summed E-state index contributed by atoms with van der Waals surface area (Å²) in [6, 6.07) is 2.22. The summed E-state index contributed by atoms with van der Waals surface area (Å²) >= 11 is 0. The van der Waals surface area contributed by atoms with E-state index in [1.54, 1.807) is 6.33 Å². The number of aryl methyl sites for hydroxylation is 1. The van der Waals surface area contributed by atoms with Crippen molar-refractivity contribution in [2.45, 2.75) is 25.4 Å². The smallest absolute Gasteiger partial charge is 0.183 e. The van der Waals surface area contributed by atoms with Gasteiger partial charge >= 0.3 is 0 Å². The molecule has 22 heavy (non-hydrogen) atoms. The molecule has 0 aromatic carbocycles. The number of hydrogen-bond donors (Lipinski definition) is 2. The highest BCUT2D eigenvalue weighted by Gasteiger charge is 2.29. The Morgan fingerprint density at radius 2 is 2.32 bits per heavy atom. The molecule has 1 atom stereocenters. The van der Waals surface area contributed by atoms with Crippen molar-refractivity contribution in [3.8, 4) is 0 Å². The fourth-order valence-electron chi connectivity index (χ4n) is 3.09. The predicted molar refractivity (Wildman–Crippen MR) is 81.7 cm³/mol. The van der Waals surface area contributed by atoms with Gasteiger partial charge in [-0.25, -0.2) is 15.0 Å². The summed E-state index contributed by atoms with van der Waals surface area (Å²) in [7, 11) is 1.96. The zero-order chi connectivity index (χ0) is 15.1. The Kier molecular flexibility index (Phi) is 3.04. The number of H-pyrrole nitrogens is 1. The van der Waals surface area contributed by atoms with E-state index in [0.29, 0.717) is 17.0 Å². The number of aromatic amines is 1. The number of nitrogens with one attached hydrogen (secondary N) is 1. The maximum absolute atomic E-state index is 6.02. The lowest BCUT2D eigenvalue weighted by atomic mass is 10.2. The highest BCUT2D eigenvalue weighted by Crippen LogP contribution is 2.32. The maximum Gasteiger partial charge on any atom is 0.183 e. The van der Waals surface area contributed by atoms with Crippen LogP contribution in [0, 0.1) is 0 Å². The van der Waals surface area contributed by atoms with Gasteiger partial charge < -0.3 is 10.7 Å². The molecule has 1 aliphatic heterocycles. The molecule has 3 aromatic rings. The molecule has 1 fully saturated rings. The molecule has 1 unspecified atom stereocenters. The van der Waals surface area contributed by atoms with Gasteiger partial charge in [-0.1, -0.05) is 0 Å². The average Bonchev–Trinajstić information content (AvgIpc) is 3.21. The van der Waals surface area contributed by atoms with E-state index in [1.807, 2.05) is 24.0 Å². The van der Waals surface area contributed by atoms with E-state index in [-0.39, 0.29) is 6.04 Å². The minimum Gasteiger partial charge on any atom is -0.382 e. The first-order valence-electron chi connectivity index (χ1n) is 7.40. The first-order chi connectivity index (χ1) is 10.7. The molecule has 8 nitrogen and oxygen atoms in total. The van der Waals surface area contributed by atoms with Crippen LogP contribution in [0.15, 0.2) is 18.6 Å². The Bertz CT molecular complexity index is 804. The molecule has 1 saturated heterocycles. The molecule has 0 aliphatic carbocycles. The lowest BCUT2D eigenvalue weighted by Crippen LogP contribution is -2.25. The third-order valence-electron chi connectivity index (χ3n) is 4.28. The standard InChI is InChI=1S/C14H18N8/c1-21-9(4-5-18-21)7-22-6-2-3-10(22)13-19-12(15)11-14(20-13)17-8-16-11/h4-5,8,10H,2-3,6-7H2,1H3,(H3,15,16,17,19,20). The molecule has 114 valence electrons. The number of aromatic nitrogens is 6. The Morgan fingerprint density at radius 3 is 3.14 bits per heavy atom. The minimum absolute atomic E-state index is 0.179. The molecular formula is C14H18N8. The molecule has 0 saturated carbocycles. The van der Waals surface area contributed by atoms with Gasteiger partial charge in [-0.15, -0.1) is 0 Å². The third kappa shape index (κ3) is 2.12. The molecule has 1 aliphatic rings. The van der Waals surface area contributed by atoms with Crippen LogP contribution in [-0.4, -0.2) is 41.2 Å². The number of likely N-dealkylation sites (tertiary alicyclic amines) is 1. The van der Waals surface area contributed by atoms with Gasteiger partial charge in [0.15, 0.2) is 17.3 Å². The lowest BCUT2D eigenvalue weighted by Gasteiger charge is -2.23. The molecular weight excluding hydrogens is 280 g/mol. The third-order valence-corrected chi connectivity index (χ3v) is 4.28. The van der Waals surface area contributed by atoms with Crippen LogP contribution < -0.4 is 5.73 Å². The van der Waals surface area contributed by atoms with Crippen LogP contribution in [0.1, 0.15) is 30.4 Å². The molecule has 0 spiro atoms. The van der Waals surface area contributed by atoms with E-state index in [1.165, 1.54) is 5.69 Å². The number of fused-ring (bicyclic) bond motifs is 1. The van der Waals surface area contributed by atoms with Crippen molar-refractivity contribution in [2.24, 2.45) is 7.05 Å². The molecule has 8 heteroatoms. The number of anilines is 1. The van der Waals surface area contributed by atoms with Crippen molar-refractivity contribution >= 4 is 17.0 Å². The second-order valence-electron chi connectivity index (χ2n) is 5.64. The summed E-state index contributed by atoms with van der Waals surface area (Å²) in [6.07, 6.45) is 5.59. The summed E-state index contributed by atoms with van der Waals surface area (Å²) in [5.74, 6) is 1.22. The topological polar surface area (TPSA) is 102 Å². The molecule has 3 N–H and O–H groups in total. The summed E-state index contributed by atoms with van der Waals surface area (Å²) in [6.45, 7) is 1.86. The van der Waals surface area contributed by atoms with Crippen molar-refractivity contribution in [1.29, 1.82) is 0 Å². The largest absolute Gasteiger partial charge is 0.382 e. The Balaban J connectivity index is 1.65. The van der Waals surface area contributed by atoms with Gasteiger partial charge in [0.1, 0.15) is 5.52 Å². The van der Waals surface area contributed by atoms with Crippen molar-refractivity contribution in [3.63, 3.8) is 0 Å². The molecule has 0 radical (unpaired) electrons. The number of nitrogen functional groups attached to an aromatic ring is 1. The van der Waals surface area contributed by atoms with Gasteiger partial charge in [0.05, 0.1) is 18.1 Å². The number of nitrogens with zero attached hydrogens (tertiary/aromatic N) is 6. The minimum atomic E-state index is 0.179. The van der Waals surface area contributed by atoms with Crippen molar-refractivity contribution < 1.29 is 0 Å². The lowest BCUT2D eigenvalue weighted by molar-refractivity contribution is 0.234. The Labute approximate surface area is 127 Å². The van der Waals surface area contributed by atoms with Gasteiger partial charge in [-0.05, 0) is 25.5 Å². The Morgan fingerprint density at radius 1 is 1.41 bits per heavy atom. The van der Waals surface area contributed by atoms with Gasteiger partial charge in [0.2, 0.25) is 0 Å². The van der Waals surface area contributed by atoms with E-state index >= 15 is 0 Å². The summed E-state index contributed by atoms with van der Waals surface area (Å²) in [5, 5.41) is 4.23. The van der Waals surface area contributed by atoms with Crippen molar-refractivity contribution in [1.82, 2.24) is 34.6 Å². The number of imidazole rings is 1. The van der Waals surface area contributed by atoms with Crippen LogP contribution in [0.3, 0.4) is 0 Å². The van der Waals surface area contributed by atoms with E-state index in [9.17, 15) is 0 Å². The second kappa shape index (κ2) is 5.06. The van der Waals surface area contributed by atoms with E-state index in [0.717, 1.165) is 31.8 Å². The van der Waals surface area contributed by atoms with Crippen molar-refractivity contribution in [3.05, 3.63) is 30.1 Å². The highest BCUT2D eigenvalue weighted by atomic mass is 15.3. The first-order valence-corrected chi connectivity index (χ1v) is 7.40. The summed E-state index contributed by atoms with van der Waals surface area (Å²) in [5.41, 5.74) is 8.54. The number of hydrogen-bond acceptors (Lipinski definition) is 6. The fourth-order valence-corrected chi connectivity index (χ4v) is 3.09. The molecule has 0 amide bonds. The zero-order valence-corrected chi connectivity index (χ0v) is 12.4. The van der Waals surface area contributed by atoms with E-state index in [4.69, 9.17) is 5.73 Å². The van der Waals surface area contributed by atoms with Crippen LogP contribution in [0.25, 0.3) is 11.2 Å². The fraction of sp³-hybridized carbons (Fsp3) is 0.429. The molecule has 4 rings (SSSR count). The number of rotatable bonds is 3. The van der Waals surface area contributed by atoms with Crippen molar-refractivity contribution in [2.75, 3.05) is 12.3 Å². The van der Waals surface area contributed by atoms with Crippen LogP contribution in [0.5, 0.6) is 0 Å². The van der Waals surface area contributed by atoms with E-state index < -0.39 is 0 Å². The summed E-state index contributed by atoms with van der Waals surface area (Å²) < 4.78 is 1.90. The first kappa shape index (κ1) is 13.2. The van der Waals surface area contributed by atoms with Gasteiger partial charge in [0, 0.05) is 19.8 Å². The van der Waals surface area contributed by atoms with Gasteiger partial charge in [-0.3, -0.25) is 9.58 Å². The SMILES string of the molecule is Cn1nccc1CN1CCCC1c1nc(N)c2[nH]cnc2n1. The Hall–Kier alpha value is -2.48. The molecule has 3 aromatic heterocycles. The second-order valence-corrected chi connectivity index (χ2v) is 5.64. The average molecular weight is 298 g/mol. The molecule has 4 heterocycles. The van der Waals surface area contributed by atoms with E-state index in [2.05, 4.69) is 29.9 Å². The maximum atomic E-state index is 6.02. The van der Waals surface area contributed by atoms with Crippen LogP contribution in [-0.2, 0) is 13.6 Å². The van der Waals surface area contributed by atoms with Gasteiger partial charge in [0.25, 0.3) is 0 Å². The van der Waals surface area contributed by atoms with Crippen LogP contribution >= 0.6 is 0 Å². The zero-order valence-electron chi connectivity index (χ0n) is 12.4. The van der Waals surface area contributed by atoms with Gasteiger partial charge in [-0.2, -0.15) is 5.10 Å². The monoisotopic (exact) mass is 298 g/mol. The summed E-state index contributed by atoms with van der Waals surface area (Å²) in [4.78, 5) is 18.6. The quantitative estimate of drug-likeness (QED) is 0.748. The normalized spacial score (nSPS) is 19.2. The molecule has 0 bridgehead atoms. The highest BCUT2D eigenvalue weighted by molar-refractivity contribution is 5.80. The van der Waals surface area contributed by atoms with Crippen LogP contribution in [0.4, 0.5) is 5.82 Å². The van der Waals surface area contributed by atoms with Crippen LogP contribution in [0.2, 0.25) is 0 Å². The number of nitrogens with two attached hydrogens (primary N) is 1. The predicted octanol–water partition coefficient (Wildman–Crippen LogP) is 1.01.